The zero-order valence-electron chi connectivity index (χ0n) is 24.6. The molecule has 0 spiro atoms. The number of carbonyl (C=O) groups is 3. The van der Waals surface area contributed by atoms with E-state index in [1.165, 1.54) is 10.9 Å². The van der Waals surface area contributed by atoms with E-state index in [2.05, 4.69) is 30.9 Å². The van der Waals surface area contributed by atoms with Crippen LogP contribution in [0.1, 0.15) is 41.6 Å². The summed E-state index contributed by atoms with van der Waals surface area (Å²) in [5.41, 5.74) is 1.49. The maximum Gasteiger partial charge on any atom is 0.410 e. The van der Waals surface area contributed by atoms with Crippen LogP contribution in [0, 0.1) is 13.8 Å². The summed E-state index contributed by atoms with van der Waals surface area (Å²) in [6, 6.07) is 5.06. The molecule has 226 valence electrons. The van der Waals surface area contributed by atoms with Gasteiger partial charge in [-0.2, -0.15) is 5.10 Å². The Morgan fingerprint density at radius 1 is 1.10 bits per heavy atom. The topological polar surface area (TPSA) is 154 Å². The fourth-order valence-corrected chi connectivity index (χ4v) is 5.02. The summed E-state index contributed by atoms with van der Waals surface area (Å²) < 4.78 is 6.95. The van der Waals surface area contributed by atoms with Gasteiger partial charge in [0, 0.05) is 57.1 Å². The fraction of sp³-hybridized carbons (Fsp3) is 0.464. The number of phenols is 1. The normalized spacial score (nSPS) is 14.0. The van der Waals surface area contributed by atoms with Crippen molar-refractivity contribution in [3.8, 4) is 5.75 Å². The standard InChI is InChI=1S/C28H38N8O5S/c1-18-6-7-20(37)19(2)24(18)32-25(39)21-16-30-26(42-21)31-22-8-10-36(33-22)17-23(38)29-9-11-34-12-14-35(15-13-34)27(40)41-28(3,4)5/h6-8,10,16,37H,9,11-15,17H2,1-5H3,(H,29,38)(H,32,39)(H,30,31,33). The van der Waals surface area contributed by atoms with Crippen molar-refractivity contribution in [2.45, 2.75) is 46.8 Å². The Balaban J connectivity index is 1.18. The zero-order chi connectivity index (χ0) is 30.4. The van der Waals surface area contributed by atoms with E-state index in [0.717, 1.165) is 30.0 Å². The number of hydrogen-bond acceptors (Lipinski definition) is 10. The van der Waals surface area contributed by atoms with Crippen molar-refractivity contribution in [3.63, 3.8) is 0 Å². The fourth-order valence-electron chi connectivity index (χ4n) is 4.30. The molecule has 13 nitrogen and oxygen atoms in total. The monoisotopic (exact) mass is 598 g/mol. The van der Waals surface area contributed by atoms with Crippen LogP contribution in [0.3, 0.4) is 0 Å². The maximum absolute atomic E-state index is 12.8. The van der Waals surface area contributed by atoms with E-state index in [1.54, 1.807) is 36.2 Å². The molecule has 14 heteroatoms. The second-order valence-corrected chi connectivity index (χ2v) is 12.1. The van der Waals surface area contributed by atoms with Gasteiger partial charge in [0.05, 0.1) is 11.9 Å². The van der Waals surface area contributed by atoms with E-state index >= 15 is 0 Å². The Morgan fingerprint density at radius 3 is 2.55 bits per heavy atom. The van der Waals surface area contributed by atoms with E-state index in [0.29, 0.717) is 53.3 Å². The van der Waals surface area contributed by atoms with Crippen molar-refractivity contribution in [2.75, 3.05) is 49.9 Å². The van der Waals surface area contributed by atoms with E-state index in [4.69, 9.17) is 4.74 Å². The Kier molecular flexibility index (Phi) is 9.68. The number of rotatable bonds is 9. The van der Waals surface area contributed by atoms with Crippen LogP contribution in [-0.4, -0.2) is 92.4 Å². The number of piperazine rings is 1. The number of hydrogen-bond donors (Lipinski definition) is 4. The lowest BCUT2D eigenvalue weighted by Gasteiger charge is -2.35. The summed E-state index contributed by atoms with van der Waals surface area (Å²) in [6.45, 7) is 13.0. The summed E-state index contributed by atoms with van der Waals surface area (Å²) in [5, 5.41) is 23.6. The van der Waals surface area contributed by atoms with Gasteiger partial charge in [-0.25, -0.2) is 9.78 Å². The first-order valence-electron chi connectivity index (χ1n) is 13.7. The summed E-state index contributed by atoms with van der Waals surface area (Å²) in [5.74, 6) is 0.112. The molecule has 0 radical (unpaired) electrons. The largest absolute Gasteiger partial charge is 0.508 e. The van der Waals surface area contributed by atoms with Gasteiger partial charge in [-0.3, -0.25) is 19.2 Å². The van der Waals surface area contributed by atoms with Crippen molar-refractivity contribution in [3.05, 3.63) is 46.6 Å². The van der Waals surface area contributed by atoms with Gasteiger partial charge >= 0.3 is 6.09 Å². The maximum atomic E-state index is 12.8. The van der Waals surface area contributed by atoms with Gasteiger partial charge in [-0.1, -0.05) is 17.4 Å². The van der Waals surface area contributed by atoms with Crippen molar-refractivity contribution in [2.24, 2.45) is 0 Å². The molecular weight excluding hydrogens is 560 g/mol. The van der Waals surface area contributed by atoms with E-state index < -0.39 is 5.60 Å². The number of benzene rings is 1. The van der Waals surface area contributed by atoms with Crippen LogP contribution in [0.15, 0.2) is 30.6 Å². The number of ether oxygens (including phenoxy) is 1. The second kappa shape index (κ2) is 13.2. The summed E-state index contributed by atoms with van der Waals surface area (Å²) >= 11 is 1.16. The lowest BCUT2D eigenvalue weighted by molar-refractivity contribution is -0.121. The number of phenolic OH excluding ortho intramolecular Hbond substituents is 1. The molecule has 0 atom stereocenters. The predicted molar refractivity (Wildman–Crippen MR) is 160 cm³/mol. The quantitative estimate of drug-likeness (QED) is 0.290. The van der Waals surface area contributed by atoms with Crippen molar-refractivity contribution < 1.29 is 24.2 Å². The molecule has 42 heavy (non-hydrogen) atoms. The van der Waals surface area contributed by atoms with E-state index in [9.17, 15) is 19.5 Å². The van der Waals surface area contributed by atoms with Crippen LogP contribution in [0.4, 0.5) is 21.4 Å². The van der Waals surface area contributed by atoms with Gasteiger partial charge in [0.1, 0.15) is 22.8 Å². The lowest BCUT2D eigenvalue weighted by Crippen LogP contribution is -2.51. The lowest BCUT2D eigenvalue weighted by atomic mass is 10.1. The molecule has 1 fully saturated rings. The third kappa shape index (κ3) is 8.42. The molecule has 0 saturated carbocycles. The molecule has 0 bridgehead atoms. The van der Waals surface area contributed by atoms with Crippen LogP contribution in [0.5, 0.6) is 5.75 Å². The third-order valence-electron chi connectivity index (χ3n) is 6.57. The number of anilines is 3. The Bertz CT molecular complexity index is 1420. The highest BCUT2D eigenvalue weighted by atomic mass is 32.1. The van der Waals surface area contributed by atoms with Crippen LogP contribution >= 0.6 is 11.3 Å². The molecule has 4 rings (SSSR count). The number of amides is 3. The minimum absolute atomic E-state index is 0.0578. The number of thiazole rings is 1. The van der Waals surface area contributed by atoms with Crippen molar-refractivity contribution >= 4 is 45.9 Å². The van der Waals surface area contributed by atoms with Gasteiger partial charge < -0.3 is 30.7 Å². The van der Waals surface area contributed by atoms with Gasteiger partial charge in [0.15, 0.2) is 10.9 Å². The van der Waals surface area contributed by atoms with Gasteiger partial charge in [0.25, 0.3) is 5.91 Å². The van der Waals surface area contributed by atoms with E-state index in [-0.39, 0.29) is 30.2 Å². The number of nitrogens with zero attached hydrogens (tertiary/aromatic N) is 5. The molecule has 4 N–H and O–H groups in total. The molecule has 1 aliphatic rings. The van der Waals surface area contributed by atoms with Crippen molar-refractivity contribution in [1.29, 1.82) is 0 Å². The minimum atomic E-state index is -0.513. The van der Waals surface area contributed by atoms with Gasteiger partial charge in [0.2, 0.25) is 5.91 Å². The minimum Gasteiger partial charge on any atom is -0.508 e. The molecule has 3 amide bonds. The number of aromatic nitrogens is 3. The summed E-state index contributed by atoms with van der Waals surface area (Å²) in [4.78, 5) is 46.0. The highest BCUT2D eigenvalue weighted by Crippen LogP contribution is 2.29. The molecule has 0 unspecified atom stereocenters. The molecule has 2 aromatic heterocycles. The summed E-state index contributed by atoms with van der Waals surface area (Å²) in [6.07, 6.45) is 2.86. The first kappa shape index (κ1) is 30.8. The predicted octanol–water partition coefficient (Wildman–Crippen LogP) is 3.33. The van der Waals surface area contributed by atoms with Crippen LogP contribution in [0.2, 0.25) is 0 Å². The Labute approximate surface area is 248 Å². The van der Waals surface area contributed by atoms with E-state index in [1.807, 2.05) is 27.7 Å². The third-order valence-corrected chi connectivity index (χ3v) is 7.48. The first-order valence-corrected chi connectivity index (χ1v) is 14.5. The van der Waals surface area contributed by atoms with Crippen LogP contribution in [0.25, 0.3) is 0 Å². The van der Waals surface area contributed by atoms with Gasteiger partial charge in [-0.15, -0.1) is 0 Å². The second-order valence-electron chi connectivity index (χ2n) is 11.1. The van der Waals surface area contributed by atoms with Crippen LogP contribution < -0.4 is 16.0 Å². The molecule has 3 heterocycles. The smallest absolute Gasteiger partial charge is 0.410 e. The molecule has 3 aromatic rings. The average Bonchev–Trinajstić information content (AvgIpc) is 3.58. The highest BCUT2D eigenvalue weighted by molar-refractivity contribution is 7.17. The highest BCUT2D eigenvalue weighted by Gasteiger charge is 2.25. The molecular formula is C28H38N8O5S. The molecule has 1 aliphatic heterocycles. The molecule has 0 aliphatic carbocycles. The number of aromatic hydroxyl groups is 1. The first-order chi connectivity index (χ1) is 19.9. The van der Waals surface area contributed by atoms with Crippen LogP contribution in [-0.2, 0) is 16.1 Å². The summed E-state index contributed by atoms with van der Waals surface area (Å²) in [7, 11) is 0. The average molecular weight is 599 g/mol. The number of aryl methyl sites for hydroxylation is 1. The molecule has 1 aromatic carbocycles. The molecule has 1 saturated heterocycles. The Hall–Kier alpha value is -4.17. The zero-order valence-corrected chi connectivity index (χ0v) is 25.4. The SMILES string of the molecule is Cc1ccc(O)c(C)c1NC(=O)c1cnc(Nc2ccn(CC(=O)NCCN3CCN(C(=O)OC(C)(C)C)CC3)n2)s1. The number of carbonyl (C=O) groups excluding carboxylic acids is 3. The van der Waals surface area contributed by atoms with Crippen molar-refractivity contribution in [1.82, 2.24) is 29.9 Å². The Morgan fingerprint density at radius 2 is 1.83 bits per heavy atom. The van der Waals surface area contributed by atoms with Gasteiger partial charge in [-0.05, 0) is 46.2 Å². The number of nitrogens with one attached hydrogen (secondary N) is 3.